The Morgan fingerprint density at radius 3 is 2.84 bits per heavy atom. The van der Waals surface area contributed by atoms with Crippen molar-refractivity contribution in [3.05, 3.63) is 41.0 Å². The van der Waals surface area contributed by atoms with E-state index < -0.39 is 23.5 Å². The average molecular weight is 270 g/mol. The highest BCUT2D eigenvalue weighted by Gasteiger charge is 2.28. The molecular weight excluding hydrogens is 261 g/mol. The van der Waals surface area contributed by atoms with Crippen LogP contribution >= 0.6 is 0 Å². The topological polar surface area (TPSA) is 66.0 Å². The van der Waals surface area contributed by atoms with Gasteiger partial charge in [-0.2, -0.15) is 4.98 Å². The van der Waals surface area contributed by atoms with Gasteiger partial charge in [-0.05, 0) is 6.07 Å². The van der Waals surface area contributed by atoms with E-state index in [1.165, 1.54) is 4.68 Å². The van der Waals surface area contributed by atoms with Crippen LogP contribution in [0.2, 0.25) is 0 Å². The fourth-order valence-corrected chi connectivity index (χ4v) is 2.07. The van der Waals surface area contributed by atoms with E-state index in [4.69, 9.17) is 10.5 Å². The van der Waals surface area contributed by atoms with Crippen LogP contribution in [0.5, 0.6) is 0 Å². The van der Waals surface area contributed by atoms with Gasteiger partial charge in [0.2, 0.25) is 5.95 Å². The molecule has 1 aromatic heterocycles. The first-order valence-electron chi connectivity index (χ1n) is 5.50. The molecule has 3 rings (SSSR count). The van der Waals surface area contributed by atoms with Gasteiger partial charge in [-0.15, -0.1) is 5.10 Å². The van der Waals surface area contributed by atoms with Gasteiger partial charge in [-0.3, -0.25) is 0 Å². The van der Waals surface area contributed by atoms with Crippen LogP contribution in [0.25, 0.3) is 0 Å². The quantitative estimate of drug-likeness (QED) is 0.795. The Morgan fingerprint density at radius 2 is 2.05 bits per heavy atom. The van der Waals surface area contributed by atoms with Gasteiger partial charge in [0, 0.05) is 5.56 Å². The number of nitrogen functional groups attached to an aromatic ring is 1. The number of fused-ring (bicyclic) bond motifs is 1. The van der Waals surface area contributed by atoms with Crippen molar-refractivity contribution in [1.29, 1.82) is 0 Å². The molecule has 0 fully saturated rings. The smallest absolute Gasteiger partial charge is 0.239 e. The lowest BCUT2D eigenvalue weighted by atomic mass is 10.1. The number of anilines is 1. The van der Waals surface area contributed by atoms with E-state index in [1.807, 2.05) is 0 Å². The maximum Gasteiger partial charge on any atom is 0.239 e. The molecular formula is C11H9F3N4O. The molecule has 0 aliphatic carbocycles. The molecule has 0 amide bonds. The molecule has 19 heavy (non-hydrogen) atoms. The number of benzene rings is 1. The molecule has 5 nitrogen and oxygen atoms in total. The summed E-state index contributed by atoms with van der Waals surface area (Å²) in [5.74, 6) is -3.57. The number of nitrogens with two attached hydrogens (primary N) is 1. The lowest BCUT2D eigenvalue weighted by Gasteiger charge is -2.24. The number of halogens is 3. The molecule has 100 valence electrons. The summed E-state index contributed by atoms with van der Waals surface area (Å²) in [7, 11) is 0. The molecule has 2 aromatic rings. The third-order valence-electron chi connectivity index (χ3n) is 2.94. The van der Waals surface area contributed by atoms with Crippen LogP contribution in [0.15, 0.2) is 12.1 Å². The van der Waals surface area contributed by atoms with Crippen molar-refractivity contribution in [2.24, 2.45) is 0 Å². The molecule has 1 atom stereocenters. The van der Waals surface area contributed by atoms with Crippen LogP contribution in [-0.2, 0) is 11.3 Å². The molecule has 2 N–H and O–H groups in total. The van der Waals surface area contributed by atoms with Crippen molar-refractivity contribution < 1.29 is 17.9 Å². The molecule has 1 aliphatic heterocycles. The number of rotatable bonds is 1. The Balaban J connectivity index is 2.11. The highest BCUT2D eigenvalue weighted by atomic mass is 19.2. The zero-order valence-corrected chi connectivity index (χ0v) is 9.61. The number of ether oxygens (including phenoxy) is 1. The Kier molecular flexibility index (Phi) is 2.67. The minimum atomic E-state index is -1.52. The first-order valence-corrected chi connectivity index (χ1v) is 5.50. The second-order valence-electron chi connectivity index (χ2n) is 4.13. The summed E-state index contributed by atoms with van der Waals surface area (Å²) >= 11 is 0. The monoisotopic (exact) mass is 270 g/mol. The van der Waals surface area contributed by atoms with Gasteiger partial charge < -0.3 is 10.5 Å². The molecule has 0 saturated carbocycles. The third-order valence-corrected chi connectivity index (χ3v) is 2.94. The summed E-state index contributed by atoms with van der Waals surface area (Å²) in [6.45, 7) is 0.268. The molecule has 8 heteroatoms. The van der Waals surface area contributed by atoms with Crippen LogP contribution in [0, 0.1) is 17.5 Å². The highest BCUT2D eigenvalue weighted by Crippen LogP contribution is 2.28. The molecule has 1 unspecified atom stereocenters. The molecule has 0 saturated heterocycles. The Labute approximate surface area is 105 Å². The first kappa shape index (κ1) is 12.0. The van der Waals surface area contributed by atoms with Gasteiger partial charge >= 0.3 is 0 Å². The van der Waals surface area contributed by atoms with Crippen LogP contribution in [0.3, 0.4) is 0 Å². The van der Waals surface area contributed by atoms with E-state index in [0.717, 1.165) is 12.1 Å². The van der Waals surface area contributed by atoms with Gasteiger partial charge in [0.05, 0.1) is 6.61 Å². The fourth-order valence-electron chi connectivity index (χ4n) is 2.07. The highest BCUT2D eigenvalue weighted by molar-refractivity contribution is 5.26. The maximum absolute atomic E-state index is 13.8. The molecule has 1 aromatic carbocycles. The second-order valence-corrected chi connectivity index (χ2v) is 4.13. The van der Waals surface area contributed by atoms with Crippen LogP contribution in [0.4, 0.5) is 19.1 Å². The fraction of sp³-hybridized carbons (Fsp3) is 0.273. The van der Waals surface area contributed by atoms with Crippen molar-refractivity contribution >= 4 is 5.95 Å². The van der Waals surface area contributed by atoms with Gasteiger partial charge in [-0.1, -0.05) is 6.07 Å². The predicted molar refractivity (Wildman–Crippen MR) is 58.5 cm³/mol. The largest absolute Gasteiger partial charge is 0.371 e. The van der Waals surface area contributed by atoms with E-state index in [9.17, 15) is 13.2 Å². The van der Waals surface area contributed by atoms with Crippen molar-refractivity contribution in [2.45, 2.75) is 12.6 Å². The number of nitrogens with zero attached hydrogens (tertiary/aromatic N) is 3. The number of hydrogen-bond donors (Lipinski definition) is 1. The zero-order valence-electron chi connectivity index (χ0n) is 9.61. The second kappa shape index (κ2) is 4.23. The summed E-state index contributed by atoms with van der Waals surface area (Å²) in [6, 6.07) is 1.31. The molecule has 0 radical (unpaired) electrons. The van der Waals surface area contributed by atoms with Crippen LogP contribution in [0.1, 0.15) is 17.4 Å². The minimum Gasteiger partial charge on any atom is -0.371 e. The Hall–Kier alpha value is -2.09. The SMILES string of the molecule is Nc1nc2n(n1)C(c1ccc(F)c(F)c1F)COC2. The predicted octanol–water partition coefficient (Wildman–Crippen LogP) is 1.40. The third kappa shape index (κ3) is 1.84. The van der Waals surface area contributed by atoms with Crippen LogP contribution in [-0.4, -0.2) is 21.4 Å². The van der Waals surface area contributed by atoms with Crippen molar-refractivity contribution in [1.82, 2.24) is 14.8 Å². The van der Waals surface area contributed by atoms with E-state index in [1.54, 1.807) is 0 Å². The summed E-state index contributed by atoms with van der Waals surface area (Å²) in [5.41, 5.74) is 5.41. The molecule has 0 bridgehead atoms. The van der Waals surface area contributed by atoms with E-state index in [0.29, 0.717) is 5.82 Å². The minimum absolute atomic E-state index is 0.0218. The lowest BCUT2D eigenvalue weighted by molar-refractivity contribution is 0.0596. The van der Waals surface area contributed by atoms with Crippen molar-refractivity contribution in [3.63, 3.8) is 0 Å². The van der Waals surface area contributed by atoms with Gasteiger partial charge in [0.25, 0.3) is 0 Å². The standard InChI is InChI=1S/C11H9F3N4O/c12-6-2-1-5(9(13)10(6)14)7-3-19-4-8-16-11(15)17-18(7)8/h1-2,7H,3-4H2,(H2,15,17). The average Bonchev–Trinajstić information content (AvgIpc) is 2.76. The van der Waals surface area contributed by atoms with Crippen LogP contribution < -0.4 is 5.73 Å². The van der Waals surface area contributed by atoms with Crippen molar-refractivity contribution in [2.75, 3.05) is 12.3 Å². The molecule has 2 heterocycles. The Morgan fingerprint density at radius 1 is 1.26 bits per heavy atom. The normalized spacial score (nSPS) is 18.4. The number of hydrogen-bond acceptors (Lipinski definition) is 4. The van der Waals surface area contributed by atoms with E-state index in [-0.39, 0.29) is 24.7 Å². The summed E-state index contributed by atoms with van der Waals surface area (Å²) in [5, 5.41) is 3.92. The zero-order chi connectivity index (χ0) is 13.6. The molecule has 1 aliphatic rings. The van der Waals surface area contributed by atoms with Gasteiger partial charge in [-0.25, -0.2) is 17.9 Å². The maximum atomic E-state index is 13.8. The van der Waals surface area contributed by atoms with E-state index in [2.05, 4.69) is 10.1 Å². The lowest BCUT2D eigenvalue weighted by Crippen LogP contribution is -2.27. The summed E-state index contributed by atoms with van der Waals surface area (Å²) < 4.78 is 46.6. The Bertz CT molecular complexity index is 643. The summed E-state index contributed by atoms with van der Waals surface area (Å²) in [4.78, 5) is 3.91. The first-order chi connectivity index (χ1) is 9.08. The summed E-state index contributed by atoms with van der Waals surface area (Å²) in [6.07, 6.45) is 0. The molecule has 0 spiro atoms. The van der Waals surface area contributed by atoms with Crippen molar-refractivity contribution in [3.8, 4) is 0 Å². The number of aromatic nitrogens is 3. The van der Waals surface area contributed by atoms with E-state index >= 15 is 0 Å². The van der Waals surface area contributed by atoms with Gasteiger partial charge in [0.1, 0.15) is 12.6 Å². The van der Waals surface area contributed by atoms with Gasteiger partial charge in [0.15, 0.2) is 23.3 Å².